The highest BCUT2D eigenvalue weighted by Crippen LogP contribution is 2.40. The molecule has 1 aliphatic carbocycles. The largest absolute Gasteiger partial charge is 0.366 e. The standard InChI is InChI=1S/C21H24N4OS/c22-20(26)14-4-3-5-15-19(14)24-21(23-15)18-10-9-17(27-18)16-6-1-2-11-25(16)12-13-7-8-13/h3-5,9-10,13,16H,1-2,6-8,11-12H2,(H2,22,26)(H,23,24). The summed E-state index contributed by atoms with van der Waals surface area (Å²) in [6.07, 6.45) is 6.69. The molecule has 0 spiro atoms. The lowest BCUT2D eigenvalue weighted by atomic mass is 10.0. The molecule has 1 aromatic carbocycles. The third-order valence-corrected chi connectivity index (χ3v) is 6.96. The first kappa shape index (κ1) is 17.0. The Morgan fingerprint density at radius 2 is 2.11 bits per heavy atom. The molecule has 1 atom stereocenters. The first-order valence-corrected chi connectivity index (χ1v) is 10.6. The van der Waals surface area contributed by atoms with E-state index in [1.54, 1.807) is 6.07 Å². The van der Waals surface area contributed by atoms with Crippen LogP contribution in [-0.2, 0) is 0 Å². The van der Waals surface area contributed by atoms with Gasteiger partial charge in [0.25, 0.3) is 5.91 Å². The Morgan fingerprint density at radius 1 is 1.22 bits per heavy atom. The van der Waals surface area contributed by atoms with Gasteiger partial charge >= 0.3 is 0 Å². The van der Waals surface area contributed by atoms with E-state index in [2.05, 4.69) is 27.0 Å². The maximum Gasteiger partial charge on any atom is 0.250 e. The Balaban J connectivity index is 1.45. The van der Waals surface area contributed by atoms with Crippen LogP contribution in [0.3, 0.4) is 0 Å². The Labute approximate surface area is 162 Å². The van der Waals surface area contributed by atoms with Crippen molar-refractivity contribution in [2.75, 3.05) is 13.1 Å². The van der Waals surface area contributed by atoms with Gasteiger partial charge in [-0.2, -0.15) is 0 Å². The van der Waals surface area contributed by atoms with Gasteiger partial charge in [-0.15, -0.1) is 11.3 Å². The average Bonchev–Trinajstić information content (AvgIpc) is 3.19. The highest BCUT2D eigenvalue weighted by atomic mass is 32.1. The molecule has 5 nitrogen and oxygen atoms in total. The lowest BCUT2D eigenvalue weighted by Crippen LogP contribution is -2.34. The van der Waals surface area contributed by atoms with Gasteiger partial charge in [-0.25, -0.2) is 4.98 Å². The topological polar surface area (TPSA) is 75.0 Å². The number of benzene rings is 1. The number of fused-ring (bicyclic) bond motifs is 1. The third-order valence-electron chi connectivity index (χ3n) is 5.77. The Morgan fingerprint density at radius 3 is 2.93 bits per heavy atom. The maximum absolute atomic E-state index is 11.7. The van der Waals surface area contributed by atoms with Gasteiger partial charge in [0.2, 0.25) is 0 Å². The van der Waals surface area contributed by atoms with Gasteiger partial charge in [0, 0.05) is 17.5 Å². The van der Waals surface area contributed by atoms with Crippen LogP contribution >= 0.6 is 11.3 Å². The zero-order valence-electron chi connectivity index (χ0n) is 15.3. The number of piperidine rings is 1. The van der Waals surface area contributed by atoms with E-state index in [1.165, 1.54) is 50.1 Å². The van der Waals surface area contributed by atoms with Gasteiger partial charge in [0.15, 0.2) is 0 Å². The summed E-state index contributed by atoms with van der Waals surface area (Å²) < 4.78 is 0. The van der Waals surface area contributed by atoms with Gasteiger partial charge in [-0.05, 0) is 62.4 Å². The summed E-state index contributed by atoms with van der Waals surface area (Å²) in [6, 6.07) is 10.5. The van der Waals surface area contributed by atoms with E-state index in [0.29, 0.717) is 17.1 Å². The molecule has 1 amide bonds. The number of rotatable bonds is 5. The minimum absolute atomic E-state index is 0.441. The molecule has 1 saturated heterocycles. The number of para-hydroxylation sites is 1. The molecule has 2 fully saturated rings. The molecule has 3 aromatic rings. The Kier molecular flexibility index (Phi) is 4.25. The normalized spacial score (nSPS) is 21.0. The van der Waals surface area contributed by atoms with Crippen molar-refractivity contribution < 1.29 is 4.79 Å². The van der Waals surface area contributed by atoms with Crippen LogP contribution in [0.2, 0.25) is 0 Å². The number of nitrogens with zero attached hydrogens (tertiary/aromatic N) is 2. The van der Waals surface area contributed by atoms with Crippen molar-refractivity contribution in [3.05, 3.63) is 40.8 Å². The minimum Gasteiger partial charge on any atom is -0.366 e. The van der Waals surface area contributed by atoms with E-state index in [-0.39, 0.29) is 0 Å². The molecular weight excluding hydrogens is 356 g/mol. The quantitative estimate of drug-likeness (QED) is 0.692. The monoisotopic (exact) mass is 380 g/mol. The zero-order valence-corrected chi connectivity index (χ0v) is 16.1. The number of nitrogens with two attached hydrogens (primary N) is 1. The summed E-state index contributed by atoms with van der Waals surface area (Å²) in [5.74, 6) is 1.30. The molecule has 1 aliphatic heterocycles. The van der Waals surface area contributed by atoms with Crippen LogP contribution in [0.5, 0.6) is 0 Å². The van der Waals surface area contributed by atoms with E-state index >= 15 is 0 Å². The summed E-state index contributed by atoms with van der Waals surface area (Å²) in [5.41, 5.74) is 7.47. The molecular formula is C21H24N4OS. The van der Waals surface area contributed by atoms with Crippen LogP contribution in [0, 0.1) is 5.92 Å². The molecule has 3 heterocycles. The maximum atomic E-state index is 11.7. The number of primary amides is 1. The van der Waals surface area contributed by atoms with Gasteiger partial charge < -0.3 is 10.7 Å². The van der Waals surface area contributed by atoms with Crippen molar-refractivity contribution in [1.29, 1.82) is 0 Å². The van der Waals surface area contributed by atoms with E-state index < -0.39 is 5.91 Å². The van der Waals surface area contributed by atoms with Crippen LogP contribution in [0.4, 0.5) is 0 Å². The van der Waals surface area contributed by atoms with Gasteiger partial charge in [0.05, 0.1) is 16.0 Å². The van der Waals surface area contributed by atoms with Crippen molar-refractivity contribution in [1.82, 2.24) is 14.9 Å². The summed E-state index contributed by atoms with van der Waals surface area (Å²) in [7, 11) is 0. The number of likely N-dealkylation sites (tertiary alicyclic amines) is 1. The molecule has 6 heteroatoms. The number of hydrogen-bond acceptors (Lipinski definition) is 4. The first-order valence-electron chi connectivity index (χ1n) is 9.82. The van der Waals surface area contributed by atoms with Crippen molar-refractivity contribution >= 4 is 28.3 Å². The van der Waals surface area contributed by atoms with E-state index in [4.69, 9.17) is 5.73 Å². The summed E-state index contributed by atoms with van der Waals surface area (Å²) in [6.45, 7) is 2.48. The number of nitrogens with one attached hydrogen (secondary N) is 1. The van der Waals surface area contributed by atoms with E-state index in [9.17, 15) is 4.79 Å². The van der Waals surface area contributed by atoms with Crippen LogP contribution < -0.4 is 5.73 Å². The number of thiophene rings is 1. The molecule has 27 heavy (non-hydrogen) atoms. The van der Waals surface area contributed by atoms with Crippen molar-refractivity contribution in [2.45, 2.75) is 38.1 Å². The third kappa shape index (κ3) is 3.28. The van der Waals surface area contributed by atoms with Crippen molar-refractivity contribution in [2.24, 2.45) is 11.7 Å². The van der Waals surface area contributed by atoms with Crippen molar-refractivity contribution in [3.8, 4) is 10.7 Å². The molecule has 1 unspecified atom stereocenters. The number of imidazole rings is 1. The lowest BCUT2D eigenvalue weighted by Gasteiger charge is -2.35. The van der Waals surface area contributed by atoms with Crippen LogP contribution in [-0.4, -0.2) is 33.9 Å². The number of hydrogen-bond donors (Lipinski definition) is 2. The lowest BCUT2D eigenvalue weighted by molar-refractivity contribution is 0.100. The minimum atomic E-state index is -0.441. The molecule has 3 N–H and O–H groups in total. The SMILES string of the molecule is NC(=O)c1cccc2[nH]c(-c3ccc(C4CCCCN4CC4CC4)s3)nc12. The molecule has 0 radical (unpaired) electrons. The average molecular weight is 381 g/mol. The number of amides is 1. The van der Waals surface area contributed by atoms with Crippen LogP contribution in [0.15, 0.2) is 30.3 Å². The van der Waals surface area contributed by atoms with Gasteiger partial charge in [-0.3, -0.25) is 9.69 Å². The molecule has 2 aromatic heterocycles. The second kappa shape index (κ2) is 6.77. The van der Waals surface area contributed by atoms with E-state index in [0.717, 1.165) is 22.1 Å². The number of aromatic amines is 1. The Bertz CT molecular complexity index is 987. The molecule has 5 rings (SSSR count). The van der Waals surface area contributed by atoms with Crippen LogP contribution in [0.1, 0.15) is 53.4 Å². The van der Waals surface area contributed by atoms with Crippen LogP contribution in [0.25, 0.3) is 21.7 Å². The van der Waals surface area contributed by atoms with Crippen molar-refractivity contribution in [3.63, 3.8) is 0 Å². The smallest absolute Gasteiger partial charge is 0.250 e. The highest BCUT2D eigenvalue weighted by molar-refractivity contribution is 7.15. The summed E-state index contributed by atoms with van der Waals surface area (Å²) in [5, 5.41) is 0. The molecule has 140 valence electrons. The fraction of sp³-hybridized carbons (Fsp3) is 0.429. The second-order valence-electron chi connectivity index (χ2n) is 7.80. The first-order chi connectivity index (χ1) is 13.2. The molecule has 2 aliphatic rings. The van der Waals surface area contributed by atoms with E-state index in [1.807, 2.05) is 23.5 Å². The predicted octanol–water partition coefficient (Wildman–Crippen LogP) is 4.33. The van der Waals surface area contributed by atoms with Gasteiger partial charge in [0.1, 0.15) is 11.3 Å². The van der Waals surface area contributed by atoms with Gasteiger partial charge in [-0.1, -0.05) is 12.5 Å². The fourth-order valence-electron chi connectivity index (χ4n) is 4.17. The number of H-pyrrole nitrogens is 1. The highest BCUT2D eigenvalue weighted by Gasteiger charge is 2.31. The molecule has 0 bridgehead atoms. The summed E-state index contributed by atoms with van der Waals surface area (Å²) in [4.78, 5) is 24.9. The zero-order chi connectivity index (χ0) is 18.4. The molecule has 1 saturated carbocycles. The fourth-order valence-corrected chi connectivity index (χ4v) is 5.29. The predicted molar refractivity (Wildman–Crippen MR) is 109 cm³/mol. The number of carbonyl (C=O) groups excluding carboxylic acids is 1. The second-order valence-corrected chi connectivity index (χ2v) is 8.92. The Hall–Kier alpha value is -2.18. The number of aromatic nitrogens is 2. The number of carbonyl (C=O) groups is 1. The summed E-state index contributed by atoms with van der Waals surface area (Å²) >= 11 is 1.82.